The molecule has 2 N–H and O–H groups in total. The maximum absolute atomic E-state index is 12.2. The lowest BCUT2D eigenvalue weighted by Gasteiger charge is -2.32. The van der Waals surface area contributed by atoms with Crippen molar-refractivity contribution in [2.45, 2.75) is 58.7 Å². The molecule has 0 unspecified atom stereocenters. The predicted molar refractivity (Wildman–Crippen MR) is 102 cm³/mol. The van der Waals surface area contributed by atoms with Crippen LogP contribution in [0.5, 0.6) is 0 Å². The summed E-state index contributed by atoms with van der Waals surface area (Å²) in [5.41, 5.74) is 1.84. The van der Waals surface area contributed by atoms with Gasteiger partial charge in [0.25, 0.3) is 0 Å². The first kappa shape index (κ1) is 20.2. The number of hydrogen-bond donors (Lipinski definition) is 2. The van der Waals surface area contributed by atoms with Crippen LogP contribution in [0.25, 0.3) is 0 Å². The van der Waals surface area contributed by atoms with E-state index in [1.165, 1.54) is 5.56 Å². The first-order valence-electron chi connectivity index (χ1n) is 9.26. The molecule has 6 nitrogen and oxygen atoms in total. The fraction of sp³-hybridized carbons (Fsp3) is 0.600. The minimum atomic E-state index is -0.486. The summed E-state index contributed by atoms with van der Waals surface area (Å²) in [6, 6.07) is 8.16. The molecule has 144 valence electrons. The van der Waals surface area contributed by atoms with Crippen LogP contribution in [-0.2, 0) is 16.1 Å². The fourth-order valence-electron chi connectivity index (χ4n) is 2.97. The molecular weight excluding hydrogens is 330 g/mol. The number of ether oxygens (including phenoxy) is 1. The van der Waals surface area contributed by atoms with Gasteiger partial charge in [0.15, 0.2) is 0 Å². The summed E-state index contributed by atoms with van der Waals surface area (Å²) >= 11 is 0. The molecular formula is C20H31N3O3. The highest BCUT2D eigenvalue weighted by molar-refractivity contribution is 5.78. The molecule has 1 fully saturated rings. The van der Waals surface area contributed by atoms with Crippen molar-refractivity contribution >= 4 is 12.0 Å². The van der Waals surface area contributed by atoms with Crippen LogP contribution in [0.3, 0.4) is 0 Å². The topological polar surface area (TPSA) is 70.7 Å². The minimum Gasteiger partial charge on any atom is -0.444 e. The van der Waals surface area contributed by atoms with Crippen molar-refractivity contribution in [3.8, 4) is 0 Å². The molecule has 1 aliphatic heterocycles. The van der Waals surface area contributed by atoms with E-state index in [1.54, 1.807) is 0 Å². The Morgan fingerprint density at radius 3 is 2.46 bits per heavy atom. The van der Waals surface area contributed by atoms with Crippen LogP contribution in [0.2, 0.25) is 0 Å². The maximum Gasteiger partial charge on any atom is 0.407 e. The second kappa shape index (κ2) is 9.03. The molecule has 1 heterocycles. The molecule has 1 aromatic rings. The molecule has 0 saturated carbocycles. The third-order valence-corrected chi connectivity index (χ3v) is 4.41. The number of benzene rings is 1. The van der Waals surface area contributed by atoms with E-state index in [2.05, 4.69) is 15.5 Å². The average Bonchev–Trinajstić information content (AvgIpc) is 2.54. The van der Waals surface area contributed by atoms with E-state index < -0.39 is 5.60 Å². The lowest BCUT2D eigenvalue weighted by atomic mass is 10.1. The zero-order valence-electron chi connectivity index (χ0n) is 16.3. The molecule has 2 rings (SSSR count). The van der Waals surface area contributed by atoms with Crippen LogP contribution in [0.15, 0.2) is 24.3 Å². The number of amides is 2. The zero-order valence-corrected chi connectivity index (χ0v) is 16.3. The second-order valence-electron chi connectivity index (χ2n) is 7.90. The van der Waals surface area contributed by atoms with Crippen molar-refractivity contribution in [2.24, 2.45) is 0 Å². The number of nitrogens with zero attached hydrogens (tertiary/aromatic N) is 1. The van der Waals surface area contributed by atoms with Crippen molar-refractivity contribution < 1.29 is 14.3 Å². The Kier molecular flexibility index (Phi) is 7.03. The van der Waals surface area contributed by atoms with Gasteiger partial charge in [0.2, 0.25) is 5.91 Å². The zero-order chi connectivity index (χ0) is 19.2. The highest BCUT2D eigenvalue weighted by Gasteiger charge is 2.24. The molecule has 26 heavy (non-hydrogen) atoms. The summed E-state index contributed by atoms with van der Waals surface area (Å²) in [4.78, 5) is 26.1. The van der Waals surface area contributed by atoms with Crippen molar-refractivity contribution in [2.75, 3.05) is 19.6 Å². The smallest absolute Gasteiger partial charge is 0.407 e. The molecule has 0 aromatic heterocycles. The summed E-state index contributed by atoms with van der Waals surface area (Å²) < 4.78 is 5.29. The monoisotopic (exact) mass is 361 g/mol. The molecule has 0 radical (unpaired) electrons. The van der Waals surface area contributed by atoms with Crippen LogP contribution in [0, 0.1) is 6.92 Å². The van der Waals surface area contributed by atoms with Crippen molar-refractivity contribution in [3.05, 3.63) is 35.4 Å². The van der Waals surface area contributed by atoms with Crippen LogP contribution in [0.4, 0.5) is 4.79 Å². The van der Waals surface area contributed by atoms with E-state index in [0.29, 0.717) is 13.1 Å². The highest BCUT2D eigenvalue weighted by Crippen LogP contribution is 2.12. The Balaban J connectivity index is 1.67. The number of likely N-dealkylation sites (tertiary alicyclic amines) is 1. The quantitative estimate of drug-likeness (QED) is 0.846. The number of carbonyl (C=O) groups is 2. The van der Waals surface area contributed by atoms with Gasteiger partial charge in [0.05, 0.1) is 6.54 Å². The Morgan fingerprint density at radius 2 is 1.85 bits per heavy atom. The fourth-order valence-corrected chi connectivity index (χ4v) is 2.97. The normalized spacial score (nSPS) is 16.2. The molecule has 1 aliphatic rings. The van der Waals surface area contributed by atoms with Crippen LogP contribution in [-0.4, -0.2) is 48.2 Å². The standard InChI is InChI=1S/C20H31N3O3/c1-15-7-5-6-8-16(15)13-21-18(24)14-23-11-9-17(10-12-23)22-19(25)26-20(2,3)4/h5-8,17H,9-14H2,1-4H3,(H,21,24)(H,22,25). The lowest BCUT2D eigenvalue weighted by molar-refractivity contribution is -0.122. The molecule has 0 spiro atoms. The van der Waals surface area contributed by atoms with E-state index >= 15 is 0 Å². The van der Waals surface area contributed by atoms with Gasteiger partial charge in [-0.15, -0.1) is 0 Å². The molecule has 0 bridgehead atoms. The summed E-state index contributed by atoms with van der Waals surface area (Å²) in [6.07, 6.45) is 1.28. The number of piperidine rings is 1. The van der Waals surface area contributed by atoms with E-state index in [9.17, 15) is 9.59 Å². The van der Waals surface area contributed by atoms with E-state index in [1.807, 2.05) is 52.0 Å². The number of rotatable bonds is 5. The van der Waals surface area contributed by atoms with Crippen molar-refractivity contribution in [1.29, 1.82) is 0 Å². The van der Waals surface area contributed by atoms with Gasteiger partial charge in [-0.25, -0.2) is 4.79 Å². The SMILES string of the molecule is Cc1ccccc1CNC(=O)CN1CCC(NC(=O)OC(C)(C)C)CC1. The summed E-state index contributed by atoms with van der Waals surface area (Å²) in [7, 11) is 0. The number of hydrogen-bond acceptors (Lipinski definition) is 4. The Labute approximate surface area is 156 Å². The summed E-state index contributed by atoms with van der Waals surface area (Å²) in [5, 5.41) is 5.90. The predicted octanol–water partition coefficient (Wildman–Crippen LogP) is 2.60. The summed E-state index contributed by atoms with van der Waals surface area (Å²) in [6.45, 7) is 10.1. The lowest BCUT2D eigenvalue weighted by Crippen LogP contribution is -2.48. The number of carbonyl (C=O) groups excluding carboxylic acids is 2. The Bertz CT molecular complexity index is 617. The maximum atomic E-state index is 12.2. The molecule has 1 aromatic carbocycles. The Morgan fingerprint density at radius 1 is 1.19 bits per heavy atom. The Hall–Kier alpha value is -2.08. The number of nitrogens with one attached hydrogen (secondary N) is 2. The van der Waals surface area contributed by atoms with Crippen molar-refractivity contribution in [1.82, 2.24) is 15.5 Å². The van der Waals surface area contributed by atoms with E-state index in [-0.39, 0.29) is 18.0 Å². The van der Waals surface area contributed by atoms with Crippen LogP contribution < -0.4 is 10.6 Å². The van der Waals surface area contributed by atoms with E-state index in [0.717, 1.165) is 31.5 Å². The summed E-state index contributed by atoms with van der Waals surface area (Å²) in [5.74, 6) is 0.0341. The molecule has 6 heteroatoms. The van der Waals surface area contributed by atoms with Crippen LogP contribution in [0.1, 0.15) is 44.7 Å². The van der Waals surface area contributed by atoms with Gasteiger partial charge in [0.1, 0.15) is 5.60 Å². The number of aryl methyl sites for hydroxylation is 1. The van der Waals surface area contributed by atoms with Gasteiger partial charge < -0.3 is 15.4 Å². The number of alkyl carbamates (subject to hydrolysis) is 1. The van der Waals surface area contributed by atoms with Gasteiger partial charge >= 0.3 is 6.09 Å². The molecule has 0 atom stereocenters. The van der Waals surface area contributed by atoms with Gasteiger partial charge in [0, 0.05) is 25.7 Å². The minimum absolute atomic E-state index is 0.0341. The second-order valence-corrected chi connectivity index (χ2v) is 7.90. The third-order valence-electron chi connectivity index (χ3n) is 4.41. The first-order chi connectivity index (χ1) is 12.2. The first-order valence-corrected chi connectivity index (χ1v) is 9.26. The van der Waals surface area contributed by atoms with E-state index in [4.69, 9.17) is 4.74 Å². The van der Waals surface area contributed by atoms with Crippen LogP contribution >= 0.6 is 0 Å². The van der Waals surface area contributed by atoms with Crippen molar-refractivity contribution in [3.63, 3.8) is 0 Å². The third kappa shape index (κ3) is 7.04. The largest absolute Gasteiger partial charge is 0.444 e. The van der Waals surface area contributed by atoms with Gasteiger partial charge in [-0.05, 0) is 51.7 Å². The van der Waals surface area contributed by atoms with Gasteiger partial charge in [-0.2, -0.15) is 0 Å². The molecule has 2 amide bonds. The average molecular weight is 361 g/mol. The molecule has 1 saturated heterocycles. The van der Waals surface area contributed by atoms with Gasteiger partial charge in [-0.1, -0.05) is 24.3 Å². The molecule has 0 aliphatic carbocycles. The van der Waals surface area contributed by atoms with Gasteiger partial charge in [-0.3, -0.25) is 9.69 Å². The highest BCUT2D eigenvalue weighted by atomic mass is 16.6.